The highest BCUT2D eigenvalue weighted by molar-refractivity contribution is 7.91. The van der Waals surface area contributed by atoms with E-state index in [1.54, 1.807) is 25.1 Å². The molecular weight excluding hydrogens is 319 g/mol. The number of benzene rings is 2. The monoisotopic (exact) mass is 329 g/mol. The van der Waals surface area contributed by atoms with E-state index in [2.05, 4.69) is 6.07 Å². The molecule has 0 fully saturated rings. The molecule has 2 aromatic carbocycles. The second-order valence-corrected chi connectivity index (χ2v) is 7.05. The van der Waals surface area contributed by atoms with Gasteiger partial charge in [0.25, 0.3) is 0 Å². The van der Waals surface area contributed by atoms with E-state index in [0.29, 0.717) is 16.5 Å². The second kappa shape index (κ2) is 6.04. The zero-order valence-electron chi connectivity index (χ0n) is 10.6. The van der Waals surface area contributed by atoms with Gasteiger partial charge in [-0.2, -0.15) is 0 Å². The topological polar surface area (TPSA) is 43.4 Å². The van der Waals surface area contributed by atoms with Crippen LogP contribution in [0.25, 0.3) is 0 Å². The standard InChI is InChI=1S/C14H11Cl2O3S/c1-2-20(17,18)10-7-8-14(12(16)9-10)19-13-6-4-3-5-11(13)15/h3,5-9H,2H2,1H3. The lowest BCUT2D eigenvalue weighted by molar-refractivity contribution is 0.482. The lowest BCUT2D eigenvalue weighted by Crippen LogP contribution is -2.03. The molecule has 0 amide bonds. The third-order valence-electron chi connectivity index (χ3n) is 2.64. The van der Waals surface area contributed by atoms with Crippen LogP contribution in [-0.2, 0) is 9.84 Å². The fourth-order valence-electron chi connectivity index (χ4n) is 1.52. The molecule has 0 saturated carbocycles. The number of hydrogen-bond acceptors (Lipinski definition) is 3. The van der Waals surface area contributed by atoms with Crippen LogP contribution in [0.5, 0.6) is 11.5 Å². The van der Waals surface area contributed by atoms with Gasteiger partial charge in [-0.25, -0.2) is 8.42 Å². The third kappa shape index (κ3) is 3.26. The Hall–Kier alpha value is -1.23. The number of rotatable bonds is 4. The minimum Gasteiger partial charge on any atom is -0.454 e. The maximum absolute atomic E-state index is 11.8. The largest absolute Gasteiger partial charge is 0.454 e. The number of hydrogen-bond donors (Lipinski definition) is 0. The number of halogens is 2. The molecule has 105 valence electrons. The summed E-state index contributed by atoms with van der Waals surface area (Å²) in [6.45, 7) is 1.58. The van der Waals surface area contributed by atoms with Crippen molar-refractivity contribution in [2.75, 3.05) is 5.75 Å². The van der Waals surface area contributed by atoms with Crippen LogP contribution in [0.3, 0.4) is 0 Å². The minimum absolute atomic E-state index is 0.0169. The quantitative estimate of drug-likeness (QED) is 0.835. The highest BCUT2D eigenvalue weighted by Gasteiger charge is 2.14. The van der Waals surface area contributed by atoms with Crippen molar-refractivity contribution >= 4 is 33.0 Å². The highest BCUT2D eigenvalue weighted by atomic mass is 35.5. The van der Waals surface area contributed by atoms with Gasteiger partial charge in [-0.15, -0.1) is 0 Å². The summed E-state index contributed by atoms with van der Waals surface area (Å²) < 4.78 is 29.1. The average Bonchev–Trinajstić information content (AvgIpc) is 2.43. The van der Waals surface area contributed by atoms with Crippen molar-refractivity contribution in [3.8, 4) is 11.5 Å². The molecule has 2 rings (SSSR count). The third-order valence-corrected chi connectivity index (χ3v) is 4.98. The van der Waals surface area contributed by atoms with E-state index in [0.717, 1.165) is 0 Å². The van der Waals surface area contributed by atoms with E-state index in [1.807, 2.05) is 0 Å². The van der Waals surface area contributed by atoms with Crippen LogP contribution in [0.2, 0.25) is 10.0 Å². The molecule has 2 aromatic rings. The summed E-state index contributed by atoms with van der Waals surface area (Å²) in [5, 5.41) is 0.629. The zero-order chi connectivity index (χ0) is 14.8. The Labute approximate surface area is 128 Å². The number of ether oxygens (including phenoxy) is 1. The summed E-state index contributed by atoms with van der Waals surface area (Å²) in [6.07, 6.45) is 0. The van der Waals surface area contributed by atoms with E-state index in [9.17, 15) is 8.42 Å². The molecule has 0 aliphatic carbocycles. The molecular formula is C14H11Cl2O3S. The smallest absolute Gasteiger partial charge is 0.178 e. The lowest BCUT2D eigenvalue weighted by atomic mass is 10.3. The molecule has 20 heavy (non-hydrogen) atoms. The van der Waals surface area contributed by atoms with Crippen LogP contribution in [0.1, 0.15) is 6.92 Å². The molecule has 1 radical (unpaired) electrons. The zero-order valence-corrected chi connectivity index (χ0v) is 12.9. The second-order valence-electron chi connectivity index (χ2n) is 3.95. The molecule has 0 heterocycles. The summed E-state index contributed by atoms with van der Waals surface area (Å²) in [5.74, 6) is 0.758. The molecule has 0 atom stereocenters. The minimum atomic E-state index is -3.29. The summed E-state index contributed by atoms with van der Waals surface area (Å²) in [7, 11) is -3.29. The molecule has 6 heteroatoms. The summed E-state index contributed by atoms with van der Waals surface area (Å²) in [5.41, 5.74) is 0. The first-order chi connectivity index (χ1) is 9.44. The predicted octanol–water partition coefficient (Wildman–Crippen LogP) is 4.38. The molecule has 0 saturated heterocycles. The van der Waals surface area contributed by atoms with E-state index in [1.165, 1.54) is 18.2 Å². The maximum Gasteiger partial charge on any atom is 0.178 e. The van der Waals surface area contributed by atoms with Crippen molar-refractivity contribution in [3.63, 3.8) is 0 Å². The van der Waals surface area contributed by atoms with Crippen LogP contribution in [-0.4, -0.2) is 14.2 Å². The molecule has 0 unspecified atom stereocenters. The van der Waals surface area contributed by atoms with Gasteiger partial charge in [0.05, 0.1) is 20.7 Å². The molecule has 0 aromatic heterocycles. The van der Waals surface area contributed by atoms with Crippen LogP contribution in [0, 0.1) is 6.07 Å². The Morgan fingerprint density at radius 1 is 1.15 bits per heavy atom. The van der Waals surface area contributed by atoms with Gasteiger partial charge < -0.3 is 4.74 Å². The van der Waals surface area contributed by atoms with Gasteiger partial charge in [0.1, 0.15) is 11.5 Å². The first kappa shape index (κ1) is 15.2. The van der Waals surface area contributed by atoms with E-state index in [-0.39, 0.29) is 15.7 Å². The first-order valence-electron chi connectivity index (χ1n) is 5.80. The Bertz CT molecular complexity index is 727. The molecule has 0 aliphatic heterocycles. The van der Waals surface area contributed by atoms with Gasteiger partial charge >= 0.3 is 0 Å². The van der Waals surface area contributed by atoms with Gasteiger partial charge in [-0.05, 0) is 36.4 Å². The molecule has 0 bridgehead atoms. The van der Waals surface area contributed by atoms with Gasteiger partial charge in [0.2, 0.25) is 0 Å². The Morgan fingerprint density at radius 3 is 2.50 bits per heavy atom. The lowest BCUT2D eigenvalue weighted by Gasteiger charge is -2.10. The van der Waals surface area contributed by atoms with Crippen molar-refractivity contribution in [2.45, 2.75) is 11.8 Å². The van der Waals surface area contributed by atoms with Gasteiger partial charge in [0.15, 0.2) is 9.84 Å². The predicted molar refractivity (Wildman–Crippen MR) is 79.5 cm³/mol. The molecule has 0 spiro atoms. The van der Waals surface area contributed by atoms with Gasteiger partial charge in [-0.1, -0.05) is 36.2 Å². The van der Waals surface area contributed by atoms with E-state index in [4.69, 9.17) is 27.9 Å². The van der Waals surface area contributed by atoms with Crippen LogP contribution >= 0.6 is 23.2 Å². The van der Waals surface area contributed by atoms with Crippen molar-refractivity contribution in [2.24, 2.45) is 0 Å². The summed E-state index contributed by atoms with van der Waals surface area (Å²) in [4.78, 5) is 0.170. The normalized spacial score (nSPS) is 11.3. The van der Waals surface area contributed by atoms with Gasteiger partial charge in [-0.3, -0.25) is 0 Å². The molecule has 0 aliphatic rings. The SMILES string of the molecule is CCS(=O)(=O)c1ccc(Oc2c[c]ccc2Cl)c(Cl)c1. The fraction of sp³-hybridized carbons (Fsp3) is 0.143. The van der Waals surface area contributed by atoms with Crippen LogP contribution in [0.4, 0.5) is 0 Å². The highest BCUT2D eigenvalue weighted by Crippen LogP contribution is 2.34. The summed E-state index contributed by atoms with van der Waals surface area (Å²) in [6, 6.07) is 12.1. The summed E-state index contributed by atoms with van der Waals surface area (Å²) >= 11 is 12.0. The average molecular weight is 330 g/mol. The Kier molecular flexibility index (Phi) is 4.58. The van der Waals surface area contributed by atoms with Crippen molar-refractivity contribution in [1.82, 2.24) is 0 Å². The van der Waals surface area contributed by atoms with Crippen molar-refractivity contribution < 1.29 is 13.2 Å². The number of sulfone groups is 1. The first-order valence-corrected chi connectivity index (χ1v) is 8.20. The van der Waals surface area contributed by atoms with E-state index >= 15 is 0 Å². The maximum atomic E-state index is 11.8. The molecule has 0 N–H and O–H groups in total. The Balaban J connectivity index is 2.34. The van der Waals surface area contributed by atoms with Crippen molar-refractivity contribution in [3.05, 3.63) is 52.5 Å². The fourth-order valence-corrected chi connectivity index (χ4v) is 2.86. The van der Waals surface area contributed by atoms with E-state index < -0.39 is 9.84 Å². The van der Waals surface area contributed by atoms with Crippen LogP contribution < -0.4 is 4.74 Å². The van der Waals surface area contributed by atoms with Crippen molar-refractivity contribution in [1.29, 1.82) is 0 Å². The van der Waals surface area contributed by atoms with Gasteiger partial charge in [0, 0.05) is 0 Å². The Morgan fingerprint density at radius 2 is 1.90 bits per heavy atom. The molecule has 3 nitrogen and oxygen atoms in total. The van der Waals surface area contributed by atoms with Crippen LogP contribution in [0.15, 0.2) is 41.3 Å².